The average Bonchev–Trinajstić information content (AvgIpc) is 3.45. The fraction of sp³-hybridized carbons (Fsp3) is 0.333. The first-order chi connectivity index (χ1) is 16.1. The molecule has 2 aromatic heterocycles. The SMILES string of the molecule is N#Cc1ccc(S(=O)(=O)NC(=O)NCCCCCCNC(=O)NS(=O)(=O)c2ccc(C#N)s2)s1. The lowest BCUT2D eigenvalue weighted by Gasteiger charge is -2.08. The molecule has 4 N–H and O–H groups in total. The second-order valence-electron chi connectivity index (χ2n) is 6.60. The van der Waals surface area contributed by atoms with E-state index in [0.29, 0.717) is 25.7 Å². The van der Waals surface area contributed by atoms with Crippen molar-refractivity contribution in [2.45, 2.75) is 34.1 Å². The summed E-state index contributed by atoms with van der Waals surface area (Å²) in [7, 11) is -8.08. The number of nitrogens with one attached hydrogen (secondary N) is 4. The van der Waals surface area contributed by atoms with Crippen molar-refractivity contribution in [1.82, 2.24) is 20.1 Å². The summed E-state index contributed by atoms with van der Waals surface area (Å²) in [5.41, 5.74) is 0. The maximum atomic E-state index is 12.1. The number of carbonyl (C=O) groups excluding carboxylic acids is 2. The summed E-state index contributed by atoms with van der Waals surface area (Å²) < 4.78 is 51.7. The lowest BCUT2D eigenvalue weighted by atomic mass is 10.2. The fourth-order valence-electron chi connectivity index (χ4n) is 2.47. The lowest BCUT2D eigenvalue weighted by molar-refractivity contribution is 0.244. The monoisotopic (exact) mass is 544 g/mol. The highest BCUT2D eigenvalue weighted by Crippen LogP contribution is 2.21. The van der Waals surface area contributed by atoms with E-state index in [1.165, 1.54) is 24.3 Å². The summed E-state index contributed by atoms with van der Waals surface area (Å²) >= 11 is 1.51. The zero-order valence-electron chi connectivity index (χ0n) is 17.5. The molecular weight excluding hydrogens is 525 g/mol. The van der Waals surface area contributed by atoms with Crippen LogP contribution in [0.5, 0.6) is 0 Å². The Kier molecular flexibility index (Phi) is 9.82. The van der Waals surface area contributed by atoms with Crippen LogP contribution in [-0.4, -0.2) is 42.0 Å². The molecule has 0 aliphatic rings. The first-order valence-corrected chi connectivity index (χ1v) is 14.3. The Bertz CT molecular complexity index is 1210. The molecule has 2 heterocycles. The second kappa shape index (κ2) is 12.3. The highest BCUT2D eigenvalue weighted by Gasteiger charge is 2.20. The van der Waals surface area contributed by atoms with Crippen molar-refractivity contribution in [3.05, 3.63) is 34.0 Å². The summed E-state index contributed by atoms with van der Waals surface area (Å²) in [6.45, 7) is 0.458. The lowest BCUT2D eigenvalue weighted by Crippen LogP contribution is -2.39. The van der Waals surface area contributed by atoms with Crippen LogP contribution >= 0.6 is 22.7 Å². The van der Waals surface area contributed by atoms with Crippen LogP contribution in [0.25, 0.3) is 0 Å². The van der Waals surface area contributed by atoms with Gasteiger partial charge < -0.3 is 10.6 Å². The molecule has 0 aliphatic carbocycles. The fourth-order valence-corrected chi connectivity index (χ4v) is 6.54. The number of unbranched alkanes of at least 4 members (excludes halogenated alkanes) is 3. The predicted molar refractivity (Wildman–Crippen MR) is 124 cm³/mol. The van der Waals surface area contributed by atoms with Gasteiger partial charge in [-0.15, -0.1) is 22.7 Å². The minimum Gasteiger partial charge on any atom is -0.337 e. The molecule has 0 aliphatic heterocycles. The van der Waals surface area contributed by atoms with Crippen molar-refractivity contribution in [2.75, 3.05) is 13.1 Å². The van der Waals surface area contributed by atoms with E-state index in [-0.39, 0.29) is 31.3 Å². The third kappa shape index (κ3) is 8.31. The molecule has 2 aromatic rings. The number of carbonyl (C=O) groups is 2. The minimum absolute atomic E-state index is 0.133. The molecule has 2 rings (SSSR count). The van der Waals surface area contributed by atoms with Gasteiger partial charge in [0.2, 0.25) is 0 Å². The van der Waals surface area contributed by atoms with Crippen LogP contribution < -0.4 is 20.1 Å². The maximum absolute atomic E-state index is 12.1. The van der Waals surface area contributed by atoms with Gasteiger partial charge >= 0.3 is 12.1 Å². The number of sulfonamides is 2. The van der Waals surface area contributed by atoms with Crippen molar-refractivity contribution in [3.63, 3.8) is 0 Å². The van der Waals surface area contributed by atoms with Crippen LogP contribution in [-0.2, 0) is 20.0 Å². The topological polar surface area (TPSA) is 198 Å². The van der Waals surface area contributed by atoms with Crippen LogP contribution in [0.3, 0.4) is 0 Å². The molecule has 0 saturated heterocycles. The summed E-state index contributed by atoms with van der Waals surface area (Å²) in [6.07, 6.45) is 2.48. The molecular formula is C18H20N6O6S4. The van der Waals surface area contributed by atoms with Crippen LogP contribution in [0.1, 0.15) is 35.4 Å². The number of hydrogen-bond donors (Lipinski definition) is 4. The molecule has 0 atom stereocenters. The zero-order valence-corrected chi connectivity index (χ0v) is 20.8. The van der Waals surface area contributed by atoms with Crippen molar-refractivity contribution in [2.24, 2.45) is 0 Å². The molecule has 182 valence electrons. The van der Waals surface area contributed by atoms with Crippen LogP contribution in [0.4, 0.5) is 9.59 Å². The van der Waals surface area contributed by atoms with E-state index < -0.39 is 32.1 Å². The molecule has 0 spiro atoms. The summed E-state index contributed by atoms with van der Waals surface area (Å²) in [6, 6.07) is 7.09. The van der Waals surface area contributed by atoms with Crippen LogP contribution in [0.15, 0.2) is 32.7 Å². The molecule has 0 unspecified atom stereocenters. The van der Waals surface area contributed by atoms with Crippen molar-refractivity contribution in [3.8, 4) is 12.1 Å². The first-order valence-electron chi connectivity index (χ1n) is 9.68. The van der Waals surface area contributed by atoms with Gasteiger partial charge in [-0.25, -0.2) is 35.9 Å². The Balaban J connectivity index is 1.57. The Morgan fingerprint density at radius 2 is 1.09 bits per heavy atom. The number of nitriles is 2. The number of amides is 4. The van der Waals surface area contributed by atoms with Crippen LogP contribution in [0.2, 0.25) is 0 Å². The zero-order chi connectivity index (χ0) is 25.2. The van der Waals surface area contributed by atoms with Crippen LogP contribution in [0, 0.1) is 22.7 Å². The number of urea groups is 2. The van der Waals surface area contributed by atoms with Crippen molar-refractivity contribution in [1.29, 1.82) is 10.5 Å². The summed E-state index contributed by atoms with van der Waals surface area (Å²) in [4.78, 5) is 24.0. The van der Waals surface area contributed by atoms with Gasteiger partial charge in [0.25, 0.3) is 20.0 Å². The smallest absolute Gasteiger partial charge is 0.328 e. The van der Waals surface area contributed by atoms with Crippen molar-refractivity contribution < 1.29 is 26.4 Å². The Morgan fingerprint density at radius 1 is 0.706 bits per heavy atom. The van der Waals surface area contributed by atoms with E-state index in [2.05, 4.69) is 10.6 Å². The standard InChI is InChI=1S/C18H20N6O6S4/c19-11-13-5-7-15(31-13)33(27,28)23-17(25)21-9-3-1-2-4-10-22-18(26)24-34(29,30)16-8-6-14(12-20)32-16/h5-8H,1-4,9-10H2,(H2,21,23,25)(H2,22,24,26). The predicted octanol–water partition coefficient (Wildman–Crippen LogP) is 1.79. The molecule has 34 heavy (non-hydrogen) atoms. The van der Waals surface area contributed by atoms with E-state index in [4.69, 9.17) is 10.5 Å². The Hall–Kier alpha value is -3.18. The minimum atomic E-state index is -4.04. The number of rotatable bonds is 11. The average molecular weight is 545 g/mol. The normalized spacial score (nSPS) is 11.1. The Labute approximate surface area is 204 Å². The van der Waals surface area contributed by atoms with E-state index in [0.717, 1.165) is 22.7 Å². The van der Waals surface area contributed by atoms with Gasteiger partial charge in [-0.1, -0.05) is 12.8 Å². The van der Waals surface area contributed by atoms with Gasteiger partial charge in [-0.05, 0) is 37.1 Å². The summed E-state index contributed by atoms with van der Waals surface area (Å²) in [5, 5.41) is 22.4. The number of nitrogens with zero attached hydrogens (tertiary/aromatic N) is 2. The molecule has 0 saturated carbocycles. The maximum Gasteiger partial charge on any atom is 0.328 e. The molecule has 0 radical (unpaired) electrons. The summed E-state index contributed by atoms with van der Waals surface area (Å²) in [5.74, 6) is 0. The quantitative estimate of drug-likeness (QED) is 0.307. The van der Waals surface area contributed by atoms with Gasteiger partial charge in [0.1, 0.15) is 30.3 Å². The highest BCUT2D eigenvalue weighted by molar-refractivity contribution is 7.92. The van der Waals surface area contributed by atoms with E-state index >= 15 is 0 Å². The van der Waals surface area contributed by atoms with Gasteiger partial charge in [0.05, 0.1) is 0 Å². The number of hydrogen-bond acceptors (Lipinski definition) is 10. The van der Waals surface area contributed by atoms with Gasteiger partial charge in [0.15, 0.2) is 0 Å². The number of thiophene rings is 2. The Morgan fingerprint density at radius 3 is 1.41 bits per heavy atom. The third-order valence-electron chi connectivity index (χ3n) is 4.04. The second-order valence-corrected chi connectivity index (χ2v) is 12.6. The highest BCUT2D eigenvalue weighted by atomic mass is 32.3. The first kappa shape index (κ1) is 27.1. The van der Waals surface area contributed by atoms with Gasteiger partial charge in [-0.3, -0.25) is 0 Å². The molecule has 0 fully saturated rings. The van der Waals surface area contributed by atoms with Crippen molar-refractivity contribution >= 4 is 54.8 Å². The molecule has 0 aromatic carbocycles. The van der Waals surface area contributed by atoms with Gasteiger partial charge in [0, 0.05) is 13.1 Å². The molecule has 16 heteroatoms. The van der Waals surface area contributed by atoms with E-state index in [9.17, 15) is 26.4 Å². The molecule has 12 nitrogen and oxygen atoms in total. The molecule has 0 bridgehead atoms. The third-order valence-corrected chi connectivity index (χ3v) is 9.67. The molecule has 4 amide bonds. The van der Waals surface area contributed by atoms with Gasteiger partial charge in [-0.2, -0.15) is 10.5 Å². The van der Waals surface area contributed by atoms with E-state index in [1.807, 2.05) is 21.6 Å². The largest absolute Gasteiger partial charge is 0.337 e. The van der Waals surface area contributed by atoms with E-state index in [1.54, 1.807) is 0 Å².